The van der Waals surface area contributed by atoms with Gasteiger partial charge in [0, 0.05) is 11.6 Å². The summed E-state index contributed by atoms with van der Waals surface area (Å²) in [5.41, 5.74) is 7.95. The molecule has 1 aliphatic carbocycles. The van der Waals surface area contributed by atoms with Gasteiger partial charge < -0.3 is 0 Å². The zero-order valence-electron chi connectivity index (χ0n) is 16.8. The number of aliphatic imine (C=N–C) groups is 1. The van der Waals surface area contributed by atoms with E-state index in [9.17, 15) is 0 Å². The van der Waals surface area contributed by atoms with Crippen LogP contribution in [0, 0.1) is 0 Å². The van der Waals surface area contributed by atoms with E-state index in [4.69, 9.17) is 4.99 Å². The second-order valence-electron chi connectivity index (χ2n) is 7.39. The molecule has 1 aliphatic rings. The van der Waals surface area contributed by atoms with Gasteiger partial charge in [0.2, 0.25) is 0 Å². The predicted molar refractivity (Wildman–Crippen MR) is 125 cm³/mol. The summed E-state index contributed by atoms with van der Waals surface area (Å²) in [6, 6.07) is 31.5. The van der Waals surface area contributed by atoms with E-state index in [0.29, 0.717) is 5.92 Å². The van der Waals surface area contributed by atoms with Crippen molar-refractivity contribution in [3.63, 3.8) is 0 Å². The first-order valence-electron chi connectivity index (χ1n) is 10.0. The van der Waals surface area contributed by atoms with Gasteiger partial charge in [0.15, 0.2) is 0 Å². The zero-order valence-corrected chi connectivity index (χ0v) is 16.8. The van der Waals surface area contributed by atoms with Crippen LogP contribution in [0.5, 0.6) is 0 Å². The predicted octanol–water partition coefficient (Wildman–Crippen LogP) is 7.32. The normalized spacial score (nSPS) is 16.7. The van der Waals surface area contributed by atoms with Gasteiger partial charge in [-0.15, -0.1) is 0 Å². The summed E-state index contributed by atoms with van der Waals surface area (Å²) < 4.78 is 0. The number of hydrogen-bond donors (Lipinski definition) is 0. The van der Waals surface area contributed by atoms with E-state index in [2.05, 4.69) is 86.3 Å². The standard InChI is InChI=1S/C28H25N/c1-21(23-12-6-3-7-13-23)29-22(2)26-18-27(24-14-8-4-9-15-24)20-28(19-26)25-16-10-5-11-17-25/h3-19,27H,1,20H2,2H3/b29-22+/t27-/m1/s1. The van der Waals surface area contributed by atoms with Gasteiger partial charge >= 0.3 is 0 Å². The zero-order chi connectivity index (χ0) is 20.1. The molecule has 1 atom stereocenters. The van der Waals surface area contributed by atoms with E-state index >= 15 is 0 Å². The average Bonchev–Trinajstić information content (AvgIpc) is 2.80. The van der Waals surface area contributed by atoms with Crippen molar-refractivity contribution < 1.29 is 0 Å². The number of rotatable bonds is 5. The molecule has 29 heavy (non-hydrogen) atoms. The fourth-order valence-corrected chi connectivity index (χ4v) is 3.76. The van der Waals surface area contributed by atoms with Crippen LogP contribution in [0.2, 0.25) is 0 Å². The molecule has 3 aromatic carbocycles. The molecule has 4 rings (SSSR count). The Bertz CT molecular complexity index is 1070. The molecule has 0 radical (unpaired) electrons. The molecule has 0 N–H and O–H groups in total. The van der Waals surface area contributed by atoms with Crippen LogP contribution in [0.25, 0.3) is 11.3 Å². The Hall–Kier alpha value is -3.45. The van der Waals surface area contributed by atoms with Gasteiger partial charge in [0.25, 0.3) is 0 Å². The van der Waals surface area contributed by atoms with Crippen molar-refractivity contribution in [2.24, 2.45) is 4.99 Å². The van der Waals surface area contributed by atoms with Crippen molar-refractivity contribution in [1.82, 2.24) is 0 Å². The van der Waals surface area contributed by atoms with Crippen LogP contribution in [-0.2, 0) is 0 Å². The van der Waals surface area contributed by atoms with Crippen LogP contribution in [0.3, 0.4) is 0 Å². The first-order chi connectivity index (χ1) is 14.2. The van der Waals surface area contributed by atoms with Crippen LogP contribution >= 0.6 is 0 Å². The van der Waals surface area contributed by atoms with Gasteiger partial charge in [-0.2, -0.15) is 0 Å². The summed E-state index contributed by atoms with van der Waals surface area (Å²) in [4.78, 5) is 4.84. The lowest BCUT2D eigenvalue weighted by Gasteiger charge is -2.23. The largest absolute Gasteiger partial charge is 0.253 e. The van der Waals surface area contributed by atoms with Crippen LogP contribution in [0.1, 0.15) is 36.0 Å². The van der Waals surface area contributed by atoms with Gasteiger partial charge in [-0.05, 0) is 47.3 Å². The Balaban J connectivity index is 1.71. The summed E-state index contributed by atoms with van der Waals surface area (Å²) in [5, 5.41) is 0. The van der Waals surface area contributed by atoms with Gasteiger partial charge in [-0.25, -0.2) is 0 Å². The lowest BCUT2D eigenvalue weighted by atomic mass is 9.82. The molecule has 1 heteroatoms. The van der Waals surface area contributed by atoms with Crippen molar-refractivity contribution in [2.75, 3.05) is 0 Å². The van der Waals surface area contributed by atoms with Gasteiger partial charge in [0.05, 0.1) is 5.70 Å². The van der Waals surface area contributed by atoms with E-state index in [-0.39, 0.29) is 0 Å². The molecule has 0 aliphatic heterocycles. The smallest absolute Gasteiger partial charge is 0.0633 e. The summed E-state index contributed by atoms with van der Waals surface area (Å²) in [7, 11) is 0. The molecule has 0 heterocycles. The SMILES string of the molecule is C=C(/N=C(\C)C1=C[C@@H](c2ccccc2)CC(c2ccccc2)=C1)c1ccccc1. The molecule has 0 saturated carbocycles. The molecule has 0 unspecified atom stereocenters. The molecule has 0 aromatic heterocycles. The minimum atomic E-state index is 0.335. The monoisotopic (exact) mass is 375 g/mol. The first-order valence-corrected chi connectivity index (χ1v) is 10.0. The van der Waals surface area contributed by atoms with Crippen molar-refractivity contribution in [1.29, 1.82) is 0 Å². The molecule has 0 spiro atoms. The Kier molecular flexibility index (Phi) is 5.67. The highest BCUT2D eigenvalue weighted by Gasteiger charge is 2.19. The third-order valence-electron chi connectivity index (χ3n) is 5.35. The van der Waals surface area contributed by atoms with Gasteiger partial charge in [-0.3, -0.25) is 4.99 Å². The Morgan fingerprint density at radius 3 is 2.07 bits per heavy atom. The third-order valence-corrected chi connectivity index (χ3v) is 5.35. The number of nitrogens with zero attached hydrogens (tertiary/aromatic N) is 1. The van der Waals surface area contributed by atoms with E-state index < -0.39 is 0 Å². The first kappa shape index (κ1) is 18.9. The topological polar surface area (TPSA) is 12.4 Å². The van der Waals surface area contributed by atoms with Crippen molar-refractivity contribution in [2.45, 2.75) is 19.3 Å². The molecule has 0 fully saturated rings. The van der Waals surface area contributed by atoms with Gasteiger partial charge in [-0.1, -0.05) is 104 Å². The Morgan fingerprint density at radius 1 is 0.828 bits per heavy atom. The molecule has 0 saturated heterocycles. The number of hydrogen-bond acceptors (Lipinski definition) is 1. The van der Waals surface area contributed by atoms with Crippen molar-refractivity contribution in [3.8, 4) is 0 Å². The summed E-state index contributed by atoms with van der Waals surface area (Å²) >= 11 is 0. The maximum absolute atomic E-state index is 4.84. The van der Waals surface area contributed by atoms with Crippen LogP contribution < -0.4 is 0 Å². The second-order valence-corrected chi connectivity index (χ2v) is 7.39. The van der Waals surface area contributed by atoms with E-state index in [1.54, 1.807) is 0 Å². The molecular formula is C28H25N. The van der Waals surface area contributed by atoms with Crippen LogP contribution in [-0.4, -0.2) is 5.71 Å². The van der Waals surface area contributed by atoms with E-state index in [1.807, 2.05) is 30.3 Å². The molecule has 0 amide bonds. The molecule has 142 valence electrons. The summed E-state index contributed by atoms with van der Waals surface area (Å²) in [6.45, 7) is 6.25. The molecule has 3 aromatic rings. The maximum atomic E-state index is 4.84. The molecule has 1 nitrogen and oxygen atoms in total. The van der Waals surface area contributed by atoms with Crippen molar-refractivity contribution in [3.05, 3.63) is 132 Å². The average molecular weight is 376 g/mol. The van der Waals surface area contributed by atoms with E-state index in [0.717, 1.165) is 23.4 Å². The number of allylic oxidation sites excluding steroid dienone is 4. The summed E-state index contributed by atoms with van der Waals surface area (Å²) in [6.07, 6.45) is 5.62. The Morgan fingerprint density at radius 2 is 1.41 bits per heavy atom. The highest BCUT2D eigenvalue weighted by molar-refractivity contribution is 6.05. The number of benzene rings is 3. The minimum absolute atomic E-state index is 0.335. The lowest BCUT2D eigenvalue weighted by Crippen LogP contribution is -2.08. The molecular weight excluding hydrogens is 350 g/mol. The Labute approximate surface area is 173 Å². The fourth-order valence-electron chi connectivity index (χ4n) is 3.76. The van der Waals surface area contributed by atoms with Crippen LogP contribution in [0.4, 0.5) is 0 Å². The van der Waals surface area contributed by atoms with Gasteiger partial charge in [0.1, 0.15) is 0 Å². The summed E-state index contributed by atoms with van der Waals surface area (Å²) in [5.74, 6) is 0.335. The maximum Gasteiger partial charge on any atom is 0.0633 e. The van der Waals surface area contributed by atoms with E-state index in [1.165, 1.54) is 22.3 Å². The second kappa shape index (κ2) is 8.70. The van der Waals surface area contributed by atoms with Crippen LogP contribution in [0.15, 0.2) is 120 Å². The fraction of sp³-hybridized carbons (Fsp3) is 0.107. The highest BCUT2D eigenvalue weighted by atomic mass is 14.8. The third kappa shape index (κ3) is 4.52. The van der Waals surface area contributed by atoms with Crippen molar-refractivity contribution >= 4 is 17.0 Å². The molecule has 0 bridgehead atoms. The lowest BCUT2D eigenvalue weighted by molar-refractivity contribution is 0.863. The quantitative estimate of drug-likeness (QED) is 0.414. The highest BCUT2D eigenvalue weighted by Crippen LogP contribution is 2.36. The minimum Gasteiger partial charge on any atom is -0.253 e.